The first-order valence-electron chi connectivity index (χ1n) is 11.1. The van der Waals surface area contributed by atoms with Gasteiger partial charge in [-0.25, -0.2) is 0 Å². The highest BCUT2D eigenvalue weighted by atomic mass is 16.2. The van der Waals surface area contributed by atoms with Crippen molar-refractivity contribution in [2.75, 3.05) is 11.9 Å². The maximum atomic E-state index is 12.3. The minimum Gasteiger partial charge on any atom is -0.355 e. The van der Waals surface area contributed by atoms with Gasteiger partial charge in [0.05, 0.1) is 6.04 Å². The van der Waals surface area contributed by atoms with E-state index in [4.69, 9.17) is 0 Å². The zero-order valence-corrected chi connectivity index (χ0v) is 18.0. The molecule has 1 atom stereocenters. The zero-order valence-electron chi connectivity index (χ0n) is 18.0. The van der Waals surface area contributed by atoms with Gasteiger partial charge in [0.25, 0.3) is 5.91 Å². The van der Waals surface area contributed by atoms with Crippen LogP contribution in [0.15, 0.2) is 54.6 Å². The van der Waals surface area contributed by atoms with Gasteiger partial charge < -0.3 is 16.0 Å². The van der Waals surface area contributed by atoms with E-state index >= 15 is 0 Å². The van der Waals surface area contributed by atoms with Crippen LogP contribution < -0.4 is 16.0 Å². The molecule has 0 heterocycles. The standard InChI is InChI=1S/C25H31N3O3/c1-18(27-23(29)15-16-26-24(30)19-9-4-2-5-10-19)21-13-8-14-22(17-21)28-25(31)20-11-6-3-7-12-20/h3,6-8,11-14,17-19H,2,4-5,9-10,15-16H2,1H3,(H,26,30)(H,27,29)(H,28,31). The van der Waals surface area contributed by atoms with Crippen molar-refractivity contribution in [1.82, 2.24) is 10.6 Å². The van der Waals surface area contributed by atoms with Crippen molar-refractivity contribution < 1.29 is 14.4 Å². The van der Waals surface area contributed by atoms with Crippen molar-refractivity contribution in [3.63, 3.8) is 0 Å². The van der Waals surface area contributed by atoms with Crippen LogP contribution in [0.25, 0.3) is 0 Å². The van der Waals surface area contributed by atoms with Gasteiger partial charge in [0.15, 0.2) is 0 Å². The van der Waals surface area contributed by atoms with E-state index in [0.717, 1.165) is 31.2 Å². The minimum atomic E-state index is -0.213. The predicted octanol–water partition coefficient (Wildman–Crippen LogP) is 4.20. The monoisotopic (exact) mass is 421 g/mol. The number of hydrogen-bond donors (Lipinski definition) is 3. The molecule has 1 unspecified atom stereocenters. The molecular weight excluding hydrogens is 390 g/mol. The Morgan fingerprint density at radius 1 is 0.968 bits per heavy atom. The van der Waals surface area contributed by atoms with Crippen molar-refractivity contribution >= 4 is 23.4 Å². The third-order valence-corrected chi connectivity index (χ3v) is 5.69. The molecule has 3 N–H and O–H groups in total. The van der Waals surface area contributed by atoms with Crippen molar-refractivity contribution in [1.29, 1.82) is 0 Å². The van der Waals surface area contributed by atoms with Gasteiger partial charge in [-0.1, -0.05) is 49.6 Å². The van der Waals surface area contributed by atoms with Crippen molar-refractivity contribution in [2.24, 2.45) is 5.92 Å². The summed E-state index contributed by atoms with van der Waals surface area (Å²) in [5.74, 6) is -0.120. The third-order valence-electron chi connectivity index (χ3n) is 5.69. The van der Waals surface area contributed by atoms with Crippen LogP contribution in [0, 0.1) is 5.92 Å². The first-order chi connectivity index (χ1) is 15.0. The summed E-state index contributed by atoms with van der Waals surface area (Å²) in [5.41, 5.74) is 2.15. The maximum absolute atomic E-state index is 12.3. The Hall–Kier alpha value is -3.15. The summed E-state index contributed by atoms with van der Waals surface area (Å²) < 4.78 is 0. The molecule has 1 fully saturated rings. The highest BCUT2D eigenvalue weighted by Gasteiger charge is 2.20. The Balaban J connectivity index is 1.45. The lowest BCUT2D eigenvalue weighted by Gasteiger charge is -2.21. The Labute approximate surface area is 183 Å². The van der Waals surface area contributed by atoms with Gasteiger partial charge in [-0.2, -0.15) is 0 Å². The number of nitrogens with one attached hydrogen (secondary N) is 3. The van der Waals surface area contributed by atoms with Gasteiger partial charge in [0, 0.05) is 30.1 Å². The van der Waals surface area contributed by atoms with Crippen LogP contribution in [-0.4, -0.2) is 24.3 Å². The molecule has 3 amide bonds. The molecule has 0 radical (unpaired) electrons. The number of benzene rings is 2. The van der Waals surface area contributed by atoms with Crippen LogP contribution in [0.4, 0.5) is 5.69 Å². The molecule has 6 nitrogen and oxygen atoms in total. The quantitative estimate of drug-likeness (QED) is 0.597. The SMILES string of the molecule is CC(NC(=O)CCNC(=O)C1CCCCC1)c1cccc(NC(=O)c2ccccc2)c1. The van der Waals surface area contributed by atoms with Crippen LogP contribution in [0.2, 0.25) is 0 Å². The van der Waals surface area contributed by atoms with E-state index in [1.807, 2.05) is 49.4 Å². The van der Waals surface area contributed by atoms with E-state index in [0.29, 0.717) is 17.8 Å². The van der Waals surface area contributed by atoms with Gasteiger partial charge in [0.1, 0.15) is 0 Å². The van der Waals surface area contributed by atoms with Gasteiger partial charge >= 0.3 is 0 Å². The highest BCUT2D eigenvalue weighted by Crippen LogP contribution is 2.23. The number of anilines is 1. The molecular formula is C25H31N3O3. The summed E-state index contributed by atoms with van der Waals surface area (Å²) in [7, 11) is 0. The molecule has 1 saturated carbocycles. The molecule has 0 aliphatic heterocycles. The van der Waals surface area contributed by atoms with Gasteiger partial charge in [-0.05, 0) is 49.6 Å². The molecule has 2 aromatic rings. The van der Waals surface area contributed by atoms with Crippen molar-refractivity contribution in [3.8, 4) is 0 Å². The number of rotatable bonds is 8. The fourth-order valence-corrected chi connectivity index (χ4v) is 3.88. The molecule has 0 aromatic heterocycles. The summed E-state index contributed by atoms with van der Waals surface area (Å²) in [6.45, 7) is 2.25. The zero-order chi connectivity index (χ0) is 22.1. The van der Waals surface area contributed by atoms with Crippen molar-refractivity contribution in [2.45, 2.75) is 51.5 Å². The normalized spacial score (nSPS) is 15.0. The highest BCUT2D eigenvalue weighted by molar-refractivity contribution is 6.04. The lowest BCUT2D eigenvalue weighted by molar-refractivity contribution is -0.126. The molecule has 6 heteroatoms. The van der Waals surface area contributed by atoms with E-state index in [1.165, 1.54) is 6.42 Å². The van der Waals surface area contributed by atoms with Crippen LogP contribution >= 0.6 is 0 Å². The van der Waals surface area contributed by atoms with Crippen LogP contribution in [0.3, 0.4) is 0 Å². The molecule has 0 bridgehead atoms. The van der Waals surface area contributed by atoms with E-state index in [9.17, 15) is 14.4 Å². The lowest BCUT2D eigenvalue weighted by atomic mass is 9.89. The predicted molar refractivity (Wildman–Crippen MR) is 122 cm³/mol. The lowest BCUT2D eigenvalue weighted by Crippen LogP contribution is -2.35. The van der Waals surface area contributed by atoms with Crippen LogP contribution in [0.1, 0.15) is 67.4 Å². The second-order valence-electron chi connectivity index (χ2n) is 8.11. The first-order valence-corrected chi connectivity index (χ1v) is 11.1. The fraction of sp³-hybridized carbons (Fsp3) is 0.400. The van der Waals surface area contributed by atoms with Crippen LogP contribution in [0.5, 0.6) is 0 Å². The fourth-order valence-electron chi connectivity index (χ4n) is 3.88. The van der Waals surface area contributed by atoms with Gasteiger partial charge in [0.2, 0.25) is 11.8 Å². The summed E-state index contributed by atoms with van der Waals surface area (Å²) in [6.07, 6.45) is 5.58. The summed E-state index contributed by atoms with van der Waals surface area (Å²) in [4.78, 5) is 36.8. The summed E-state index contributed by atoms with van der Waals surface area (Å²) in [5, 5.41) is 8.74. The smallest absolute Gasteiger partial charge is 0.255 e. The Bertz CT molecular complexity index is 892. The van der Waals surface area contributed by atoms with E-state index in [1.54, 1.807) is 12.1 Å². The number of hydrogen-bond acceptors (Lipinski definition) is 3. The molecule has 2 aromatic carbocycles. The van der Waals surface area contributed by atoms with Crippen molar-refractivity contribution in [3.05, 3.63) is 65.7 Å². The van der Waals surface area contributed by atoms with E-state index < -0.39 is 0 Å². The largest absolute Gasteiger partial charge is 0.355 e. The average Bonchev–Trinajstić information content (AvgIpc) is 2.80. The Morgan fingerprint density at radius 3 is 2.45 bits per heavy atom. The second kappa shape index (κ2) is 11.3. The van der Waals surface area contributed by atoms with Gasteiger partial charge in [-0.3, -0.25) is 14.4 Å². The molecule has 31 heavy (non-hydrogen) atoms. The van der Waals surface area contributed by atoms with Crippen LogP contribution in [-0.2, 0) is 9.59 Å². The third kappa shape index (κ3) is 6.95. The second-order valence-corrected chi connectivity index (χ2v) is 8.11. The summed E-state index contributed by atoms with van der Waals surface area (Å²) >= 11 is 0. The molecule has 0 spiro atoms. The molecule has 1 aliphatic rings. The molecule has 1 aliphatic carbocycles. The Kier molecular flexibility index (Phi) is 8.21. The first kappa shape index (κ1) is 22.5. The molecule has 3 rings (SSSR count). The number of amides is 3. The van der Waals surface area contributed by atoms with E-state index in [2.05, 4.69) is 16.0 Å². The number of carbonyl (C=O) groups excluding carboxylic acids is 3. The minimum absolute atomic E-state index is 0.0717. The van der Waals surface area contributed by atoms with Gasteiger partial charge in [-0.15, -0.1) is 0 Å². The average molecular weight is 422 g/mol. The molecule has 164 valence electrons. The summed E-state index contributed by atoms with van der Waals surface area (Å²) in [6, 6.07) is 16.2. The maximum Gasteiger partial charge on any atom is 0.255 e. The number of carbonyl (C=O) groups is 3. The van der Waals surface area contributed by atoms with E-state index in [-0.39, 0.29) is 36.1 Å². The molecule has 0 saturated heterocycles. The topological polar surface area (TPSA) is 87.3 Å². The Morgan fingerprint density at radius 2 is 1.71 bits per heavy atom.